The van der Waals surface area contributed by atoms with E-state index in [4.69, 9.17) is 0 Å². The van der Waals surface area contributed by atoms with Crippen molar-refractivity contribution in [3.8, 4) is 0 Å². The zero-order valence-electron chi connectivity index (χ0n) is 11.6. The Bertz CT molecular complexity index is 523. The SMILES string of the molecule is CC1(C)C(=[SiH2])C(c2[c-]c[nH]n2)C2=CC=CCC21.[Cl-].[Cl-].[Zr+3]. The van der Waals surface area contributed by atoms with E-state index < -0.39 is 0 Å². The predicted molar refractivity (Wildman–Crippen MR) is 72.8 cm³/mol. The molecule has 1 radical (unpaired) electrons. The van der Waals surface area contributed by atoms with Gasteiger partial charge in [-0.2, -0.15) is 6.20 Å². The van der Waals surface area contributed by atoms with Gasteiger partial charge in [0.25, 0.3) is 0 Å². The van der Waals surface area contributed by atoms with Gasteiger partial charge in [-0.15, -0.1) is 5.69 Å². The number of allylic oxidation sites excluding steroid dienone is 4. The Hall–Kier alpha value is 0.240. The number of halogens is 2. The number of nitrogens with one attached hydrogen (secondary N) is 1. The normalized spacial score (nSPS) is 25.7. The summed E-state index contributed by atoms with van der Waals surface area (Å²) in [4.78, 5) is 0. The van der Waals surface area contributed by atoms with Gasteiger partial charge in [-0.25, -0.2) is 5.10 Å². The molecule has 105 valence electrons. The zero-order valence-corrected chi connectivity index (χ0v) is 17.0. The van der Waals surface area contributed by atoms with Gasteiger partial charge >= 0.3 is 26.2 Å². The standard InChI is InChI=1S/C14H17N2Si.2ClH.Zr/c1-14(2)10-6-4-3-5-9(10)12(13(14)17)11-7-8-15-16-11;;;/h3-5,8,10,12H,6,17H2,1-2H3,(H,15,16);2*1H;/q-1;;;+3/p-2. The summed E-state index contributed by atoms with van der Waals surface area (Å²) in [5.41, 5.74) is 2.84. The Morgan fingerprint density at radius 3 is 2.70 bits per heavy atom. The maximum atomic E-state index is 4.34. The molecule has 1 saturated carbocycles. The van der Waals surface area contributed by atoms with Crippen LogP contribution in [0.5, 0.6) is 0 Å². The molecule has 0 aromatic carbocycles. The summed E-state index contributed by atoms with van der Waals surface area (Å²) in [6, 6.07) is 3.23. The number of H-pyrrole nitrogens is 1. The van der Waals surface area contributed by atoms with Crippen molar-refractivity contribution in [2.45, 2.75) is 26.2 Å². The van der Waals surface area contributed by atoms with Gasteiger partial charge in [0.15, 0.2) is 0 Å². The van der Waals surface area contributed by atoms with Crippen molar-refractivity contribution in [2.75, 3.05) is 0 Å². The Morgan fingerprint density at radius 1 is 1.40 bits per heavy atom. The molecule has 2 aliphatic carbocycles. The fraction of sp³-hybridized carbons (Fsp3) is 0.429. The van der Waals surface area contributed by atoms with Crippen LogP contribution in [0.2, 0.25) is 0 Å². The van der Waals surface area contributed by atoms with Crippen molar-refractivity contribution >= 4 is 15.0 Å². The average Bonchev–Trinajstić information content (AvgIpc) is 2.88. The summed E-state index contributed by atoms with van der Waals surface area (Å²) < 4.78 is 0. The summed E-state index contributed by atoms with van der Waals surface area (Å²) >= 11 is 0. The van der Waals surface area contributed by atoms with Crippen LogP contribution in [0.25, 0.3) is 0 Å². The molecule has 2 atom stereocenters. The molecule has 6 heteroatoms. The van der Waals surface area contributed by atoms with Gasteiger partial charge < -0.3 is 36.0 Å². The number of aromatic amines is 1. The van der Waals surface area contributed by atoms with E-state index in [0.717, 1.165) is 12.1 Å². The van der Waals surface area contributed by atoms with Crippen LogP contribution >= 0.6 is 0 Å². The first-order chi connectivity index (χ1) is 8.12. The number of hydrogen-bond acceptors (Lipinski definition) is 1. The topological polar surface area (TPSA) is 28.7 Å². The third kappa shape index (κ3) is 3.04. The largest absolute Gasteiger partial charge is 3.00 e. The molecule has 3 rings (SSSR count). The van der Waals surface area contributed by atoms with E-state index in [0.29, 0.717) is 11.8 Å². The first-order valence-electron chi connectivity index (χ1n) is 6.09. The van der Waals surface area contributed by atoms with Crippen molar-refractivity contribution in [2.24, 2.45) is 11.3 Å². The van der Waals surface area contributed by atoms with Crippen molar-refractivity contribution in [3.63, 3.8) is 0 Å². The van der Waals surface area contributed by atoms with Crippen molar-refractivity contribution < 1.29 is 51.0 Å². The molecule has 0 aliphatic heterocycles. The summed E-state index contributed by atoms with van der Waals surface area (Å²) in [6.07, 6.45) is 9.70. The first-order valence-corrected chi connectivity index (χ1v) is 6.80. The molecule has 2 unspecified atom stereocenters. The number of nitrogens with zero attached hydrogens (tertiary/aromatic N) is 1. The van der Waals surface area contributed by atoms with Gasteiger partial charge in [0, 0.05) is 5.92 Å². The molecule has 20 heavy (non-hydrogen) atoms. The number of aromatic nitrogens is 2. The van der Waals surface area contributed by atoms with Gasteiger partial charge in [0.1, 0.15) is 0 Å². The molecule has 1 fully saturated rings. The summed E-state index contributed by atoms with van der Waals surface area (Å²) in [5.74, 6) is 1.000. The van der Waals surface area contributed by atoms with E-state index >= 15 is 0 Å². The van der Waals surface area contributed by atoms with Crippen LogP contribution in [0, 0.1) is 17.4 Å². The number of rotatable bonds is 1. The van der Waals surface area contributed by atoms with Gasteiger partial charge in [-0.05, 0) is 27.6 Å². The minimum absolute atomic E-state index is 0. The third-order valence-corrected chi connectivity index (χ3v) is 5.64. The molecule has 1 N–H and O–H groups in total. The fourth-order valence-corrected chi connectivity index (χ4v) is 3.84. The summed E-state index contributed by atoms with van der Waals surface area (Å²) in [7, 11) is 2.04. The minimum atomic E-state index is 0. The van der Waals surface area contributed by atoms with Crippen molar-refractivity contribution in [1.82, 2.24) is 10.2 Å². The van der Waals surface area contributed by atoms with Crippen LogP contribution in [0.4, 0.5) is 0 Å². The molecule has 1 aromatic rings. The van der Waals surface area contributed by atoms with Gasteiger partial charge in [-0.1, -0.05) is 42.8 Å². The molecule has 2 nitrogen and oxygen atoms in total. The maximum Gasteiger partial charge on any atom is 3.00 e. The van der Waals surface area contributed by atoms with Crippen LogP contribution < -0.4 is 24.8 Å². The second-order valence-corrected chi connectivity index (χ2v) is 6.24. The number of fused-ring (bicyclic) bond motifs is 1. The molecular weight excluding hydrogens is 386 g/mol. The van der Waals surface area contributed by atoms with Crippen LogP contribution in [0.1, 0.15) is 31.9 Å². The van der Waals surface area contributed by atoms with Crippen LogP contribution in [-0.2, 0) is 26.2 Å². The van der Waals surface area contributed by atoms with E-state index in [9.17, 15) is 0 Å². The molecule has 0 spiro atoms. The minimum Gasteiger partial charge on any atom is -1.00 e. The Balaban J connectivity index is 0.00000120. The van der Waals surface area contributed by atoms with E-state index in [1.807, 2.05) is 9.85 Å². The van der Waals surface area contributed by atoms with Crippen LogP contribution in [0.3, 0.4) is 0 Å². The van der Waals surface area contributed by atoms with Crippen LogP contribution in [-0.4, -0.2) is 25.2 Å². The predicted octanol–water partition coefficient (Wildman–Crippen LogP) is -4.35. The molecular formula is C14H17Cl2N2SiZr. The molecule has 0 saturated heterocycles. The van der Waals surface area contributed by atoms with Crippen molar-refractivity contribution in [1.29, 1.82) is 0 Å². The molecule has 0 bridgehead atoms. The Morgan fingerprint density at radius 2 is 2.10 bits per heavy atom. The van der Waals surface area contributed by atoms with Gasteiger partial charge in [0.2, 0.25) is 0 Å². The monoisotopic (exact) mass is 401 g/mol. The molecule has 2 aliphatic rings. The molecule has 1 heterocycles. The quantitative estimate of drug-likeness (QED) is 0.373. The Kier molecular flexibility index (Phi) is 7.58. The third-order valence-electron chi connectivity index (χ3n) is 4.32. The van der Waals surface area contributed by atoms with E-state index in [1.165, 1.54) is 5.57 Å². The number of hydrogen-bond donors (Lipinski definition) is 1. The van der Waals surface area contributed by atoms with E-state index in [-0.39, 0.29) is 56.4 Å². The summed E-state index contributed by atoms with van der Waals surface area (Å²) in [5, 5.41) is 8.77. The van der Waals surface area contributed by atoms with Gasteiger partial charge in [-0.3, -0.25) is 0 Å². The van der Waals surface area contributed by atoms with E-state index in [1.54, 1.807) is 11.4 Å². The van der Waals surface area contributed by atoms with Crippen molar-refractivity contribution in [3.05, 3.63) is 41.8 Å². The maximum absolute atomic E-state index is 4.34. The van der Waals surface area contributed by atoms with Crippen LogP contribution in [0.15, 0.2) is 30.0 Å². The molecule has 1 aromatic heterocycles. The Labute approximate surface area is 154 Å². The smallest absolute Gasteiger partial charge is 1.00 e. The first kappa shape index (κ1) is 20.2. The zero-order chi connectivity index (χ0) is 12.0. The molecule has 0 amide bonds. The fourth-order valence-electron chi connectivity index (χ4n) is 3.16. The van der Waals surface area contributed by atoms with E-state index in [2.05, 4.69) is 48.3 Å². The van der Waals surface area contributed by atoms with Gasteiger partial charge in [0.05, 0.1) is 0 Å². The second-order valence-electron chi connectivity index (χ2n) is 5.48. The second kappa shape index (κ2) is 7.49. The summed E-state index contributed by atoms with van der Waals surface area (Å²) in [6.45, 7) is 4.72. The average molecular weight is 404 g/mol.